The summed E-state index contributed by atoms with van der Waals surface area (Å²) in [5.74, 6) is -0.366. The van der Waals surface area contributed by atoms with E-state index in [1.807, 2.05) is 12.1 Å². The third-order valence-electron chi connectivity index (χ3n) is 4.70. The van der Waals surface area contributed by atoms with Crippen molar-refractivity contribution in [3.8, 4) is 0 Å². The third-order valence-corrected chi connectivity index (χ3v) is 5.63. The van der Waals surface area contributed by atoms with Gasteiger partial charge in [0.1, 0.15) is 0 Å². The molecule has 0 radical (unpaired) electrons. The summed E-state index contributed by atoms with van der Waals surface area (Å²) in [5, 5.41) is 6.02. The summed E-state index contributed by atoms with van der Waals surface area (Å²) < 4.78 is 0.848. The van der Waals surface area contributed by atoms with Crippen LogP contribution in [-0.4, -0.2) is 29.8 Å². The van der Waals surface area contributed by atoms with Crippen LogP contribution < -0.4 is 15.5 Å². The molecule has 1 aliphatic rings. The lowest BCUT2D eigenvalue weighted by atomic mass is 10.1. The normalized spacial score (nSPS) is 13.2. The van der Waals surface area contributed by atoms with Crippen LogP contribution in [0.3, 0.4) is 0 Å². The van der Waals surface area contributed by atoms with Crippen LogP contribution in [0.1, 0.15) is 30.1 Å². The number of hydrogen-bond donors (Lipinski definition) is 2. The maximum absolute atomic E-state index is 12.9. The lowest BCUT2D eigenvalue weighted by Crippen LogP contribution is -2.29. The van der Waals surface area contributed by atoms with Crippen molar-refractivity contribution in [1.82, 2.24) is 4.98 Å². The Hall–Kier alpha value is -3.26. The molecule has 1 saturated carbocycles. The topological polar surface area (TPSA) is 91.4 Å². The van der Waals surface area contributed by atoms with Crippen LogP contribution in [0.25, 0.3) is 10.2 Å². The van der Waals surface area contributed by atoms with E-state index < -0.39 is 0 Å². The highest BCUT2D eigenvalue weighted by atomic mass is 32.1. The first-order chi connectivity index (χ1) is 13.9. The zero-order chi connectivity index (χ0) is 20.5. The van der Waals surface area contributed by atoms with Crippen molar-refractivity contribution in [2.45, 2.75) is 19.8 Å². The summed E-state index contributed by atoms with van der Waals surface area (Å²) in [7, 11) is 1.70. The van der Waals surface area contributed by atoms with Crippen molar-refractivity contribution < 1.29 is 14.4 Å². The highest BCUT2D eigenvalue weighted by molar-refractivity contribution is 7.22. The van der Waals surface area contributed by atoms with Gasteiger partial charge in [0.2, 0.25) is 11.8 Å². The van der Waals surface area contributed by atoms with Crippen molar-refractivity contribution in [2.75, 3.05) is 22.6 Å². The Morgan fingerprint density at radius 1 is 1.10 bits per heavy atom. The Balaban J connectivity index is 1.56. The van der Waals surface area contributed by atoms with E-state index in [-0.39, 0.29) is 23.6 Å². The van der Waals surface area contributed by atoms with Crippen molar-refractivity contribution in [1.29, 1.82) is 0 Å². The number of para-hydroxylation sites is 1. The van der Waals surface area contributed by atoms with Crippen molar-refractivity contribution in [3.05, 3.63) is 48.0 Å². The number of benzene rings is 2. The molecule has 148 valence electrons. The summed E-state index contributed by atoms with van der Waals surface area (Å²) in [4.78, 5) is 42.5. The molecule has 1 aliphatic carbocycles. The van der Waals surface area contributed by atoms with E-state index in [1.54, 1.807) is 42.3 Å². The van der Waals surface area contributed by atoms with Gasteiger partial charge < -0.3 is 10.2 Å². The van der Waals surface area contributed by atoms with Crippen molar-refractivity contribution in [2.24, 2.45) is 5.92 Å². The van der Waals surface area contributed by atoms with Gasteiger partial charge in [0.05, 0.1) is 21.5 Å². The number of thiazole rings is 1. The van der Waals surface area contributed by atoms with E-state index in [1.165, 1.54) is 18.3 Å². The first-order valence-electron chi connectivity index (χ1n) is 9.28. The van der Waals surface area contributed by atoms with Gasteiger partial charge in [-0.05, 0) is 43.2 Å². The fourth-order valence-corrected chi connectivity index (χ4v) is 4.00. The molecule has 0 unspecified atom stereocenters. The van der Waals surface area contributed by atoms with Gasteiger partial charge in [0, 0.05) is 25.6 Å². The van der Waals surface area contributed by atoms with Crippen molar-refractivity contribution in [3.63, 3.8) is 0 Å². The number of anilines is 3. The largest absolute Gasteiger partial charge is 0.326 e. The lowest BCUT2D eigenvalue weighted by molar-refractivity contribution is -0.119. The van der Waals surface area contributed by atoms with Crippen molar-refractivity contribution >= 4 is 55.8 Å². The van der Waals surface area contributed by atoms with Crippen LogP contribution >= 0.6 is 11.3 Å². The molecule has 0 bridgehead atoms. The van der Waals surface area contributed by atoms with Crippen LogP contribution in [0.2, 0.25) is 0 Å². The molecule has 1 heterocycles. The SMILES string of the molecule is CC(=O)Nc1ccc2nc(NC(=O)c3ccccc3N(C)C(=O)C3CC3)sc2c1. The molecular formula is C21H20N4O3S. The van der Waals surface area contributed by atoms with E-state index in [2.05, 4.69) is 15.6 Å². The zero-order valence-electron chi connectivity index (χ0n) is 16.1. The van der Waals surface area contributed by atoms with Crippen LogP contribution in [0.5, 0.6) is 0 Å². The molecule has 2 N–H and O–H groups in total. The van der Waals surface area contributed by atoms with Gasteiger partial charge in [0.25, 0.3) is 5.91 Å². The molecule has 1 aromatic heterocycles. The summed E-state index contributed by atoms with van der Waals surface area (Å²) in [6.07, 6.45) is 1.81. The number of carbonyl (C=O) groups is 3. The summed E-state index contributed by atoms with van der Waals surface area (Å²) >= 11 is 1.32. The maximum atomic E-state index is 12.9. The Labute approximate surface area is 171 Å². The molecule has 7 nitrogen and oxygen atoms in total. The Morgan fingerprint density at radius 2 is 1.86 bits per heavy atom. The number of carbonyl (C=O) groups excluding carboxylic acids is 3. The van der Waals surface area contributed by atoms with Crippen LogP contribution in [0.15, 0.2) is 42.5 Å². The summed E-state index contributed by atoms with van der Waals surface area (Å²) in [6.45, 7) is 1.45. The van der Waals surface area contributed by atoms with Gasteiger partial charge in [-0.3, -0.25) is 19.7 Å². The minimum absolute atomic E-state index is 0.0377. The fourth-order valence-electron chi connectivity index (χ4n) is 3.10. The first-order valence-corrected chi connectivity index (χ1v) is 10.1. The predicted molar refractivity (Wildman–Crippen MR) is 114 cm³/mol. The highest BCUT2D eigenvalue weighted by Gasteiger charge is 2.33. The molecule has 0 saturated heterocycles. The fraction of sp³-hybridized carbons (Fsp3) is 0.238. The first kappa shape index (κ1) is 19.1. The molecule has 3 aromatic rings. The van der Waals surface area contributed by atoms with Crippen LogP contribution in [0.4, 0.5) is 16.5 Å². The standard InChI is InChI=1S/C21H20N4O3S/c1-12(26)22-14-9-10-16-18(11-14)29-21(23-16)24-19(27)15-5-3-4-6-17(15)25(2)20(28)13-7-8-13/h3-6,9-11,13H,7-8H2,1-2H3,(H,22,26)(H,23,24,27). The molecule has 3 amide bonds. The van der Waals surface area contributed by atoms with E-state index in [4.69, 9.17) is 0 Å². The number of fused-ring (bicyclic) bond motifs is 1. The Kier molecular flexibility index (Phi) is 5.02. The van der Waals surface area contributed by atoms with E-state index in [9.17, 15) is 14.4 Å². The van der Waals surface area contributed by atoms with E-state index in [0.29, 0.717) is 22.1 Å². The van der Waals surface area contributed by atoms with Gasteiger partial charge in [-0.2, -0.15) is 0 Å². The second kappa shape index (κ2) is 7.63. The highest BCUT2D eigenvalue weighted by Crippen LogP contribution is 2.33. The lowest BCUT2D eigenvalue weighted by Gasteiger charge is -2.20. The smallest absolute Gasteiger partial charge is 0.259 e. The average molecular weight is 408 g/mol. The summed E-state index contributed by atoms with van der Waals surface area (Å²) in [5.41, 5.74) is 2.41. The number of aromatic nitrogens is 1. The quantitative estimate of drug-likeness (QED) is 0.670. The molecule has 0 aliphatic heterocycles. The number of hydrogen-bond acceptors (Lipinski definition) is 5. The van der Waals surface area contributed by atoms with E-state index >= 15 is 0 Å². The molecule has 4 rings (SSSR count). The van der Waals surface area contributed by atoms with Gasteiger partial charge in [-0.25, -0.2) is 4.98 Å². The van der Waals surface area contributed by atoms with Crippen LogP contribution in [0, 0.1) is 5.92 Å². The van der Waals surface area contributed by atoms with E-state index in [0.717, 1.165) is 23.1 Å². The van der Waals surface area contributed by atoms with Gasteiger partial charge >= 0.3 is 0 Å². The molecule has 0 atom stereocenters. The van der Waals surface area contributed by atoms with Gasteiger partial charge in [0.15, 0.2) is 5.13 Å². The number of nitrogens with zero attached hydrogens (tertiary/aromatic N) is 2. The van der Waals surface area contributed by atoms with Gasteiger partial charge in [-0.15, -0.1) is 0 Å². The second-order valence-electron chi connectivity index (χ2n) is 7.03. The van der Waals surface area contributed by atoms with Crippen LogP contribution in [-0.2, 0) is 9.59 Å². The Morgan fingerprint density at radius 3 is 2.59 bits per heavy atom. The number of amides is 3. The zero-order valence-corrected chi connectivity index (χ0v) is 16.9. The van der Waals surface area contributed by atoms with Gasteiger partial charge in [-0.1, -0.05) is 23.5 Å². The minimum atomic E-state index is -0.322. The number of nitrogens with one attached hydrogen (secondary N) is 2. The third kappa shape index (κ3) is 4.12. The molecule has 8 heteroatoms. The predicted octanol–water partition coefficient (Wildman–Crippen LogP) is 3.88. The molecule has 0 spiro atoms. The second-order valence-corrected chi connectivity index (χ2v) is 8.06. The molecule has 1 fully saturated rings. The monoisotopic (exact) mass is 408 g/mol. The molecular weight excluding hydrogens is 388 g/mol. The Bertz CT molecular complexity index is 1120. The molecule has 29 heavy (non-hydrogen) atoms. The molecule has 2 aromatic carbocycles. The maximum Gasteiger partial charge on any atom is 0.259 e. The number of rotatable bonds is 5. The summed E-state index contributed by atoms with van der Waals surface area (Å²) in [6, 6.07) is 12.4. The minimum Gasteiger partial charge on any atom is -0.326 e. The average Bonchev–Trinajstić information content (AvgIpc) is 3.47.